The van der Waals surface area contributed by atoms with Crippen LogP contribution in [0.5, 0.6) is 5.75 Å². The molecule has 1 aromatic rings. The lowest BCUT2D eigenvalue weighted by Gasteiger charge is -2.21. The Morgan fingerprint density at radius 3 is 2.23 bits per heavy atom. The van der Waals surface area contributed by atoms with Gasteiger partial charge in [0.15, 0.2) is 0 Å². The summed E-state index contributed by atoms with van der Waals surface area (Å²) in [5.74, 6) is 0.383. The molecule has 0 radical (unpaired) electrons. The largest absolute Gasteiger partial charge is 0.508 e. The van der Waals surface area contributed by atoms with Crippen molar-refractivity contribution in [2.75, 3.05) is 0 Å². The SMILES string of the molecule is Cc1cc(O)c(C(C)(C)C)cc1Br. The van der Waals surface area contributed by atoms with Gasteiger partial charge in [0, 0.05) is 10.0 Å². The van der Waals surface area contributed by atoms with Gasteiger partial charge in [-0.3, -0.25) is 0 Å². The summed E-state index contributed by atoms with van der Waals surface area (Å²) in [6.45, 7) is 8.23. The number of rotatable bonds is 0. The van der Waals surface area contributed by atoms with Crippen molar-refractivity contribution in [3.05, 3.63) is 27.7 Å². The molecule has 0 unspecified atom stereocenters. The van der Waals surface area contributed by atoms with E-state index in [1.807, 2.05) is 13.0 Å². The summed E-state index contributed by atoms with van der Waals surface area (Å²) in [4.78, 5) is 0. The average molecular weight is 243 g/mol. The van der Waals surface area contributed by atoms with E-state index >= 15 is 0 Å². The molecule has 72 valence electrons. The average Bonchev–Trinajstić information content (AvgIpc) is 1.94. The third kappa shape index (κ3) is 2.25. The second-order valence-electron chi connectivity index (χ2n) is 4.37. The third-order valence-corrected chi connectivity index (χ3v) is 2.94. The van der Waals surface area contributed by atoms with Crippen molar-refractivity contribution in [2.24, 2.45) is 0 Å². The zero-order valence-corrected chi connectivity index (χ0v) is 10.1. The van der Waals surface area contributed by atoms with Crippen LogP contribution in [-0.4, -0.2) is 5.11 Å². The van der Waals surface area contributed by atoms with E-state index in [-0.39, 0.29) is 5.41 Å². The number of hydrogen-bond acceptors (Lipinski definition) is 1. The highest BCUT2D eigenvalue weighted by Crippen LogP contribution is 2.34. The van der Waals surface area contributed by atoms with Crippen LogP contribution in [0.25, 0.3) is 0 Å². The number of halogens is 1. The Bertz CT molecular complexity index is 324. The van der Waals surface area contributed by atoms with Crippen molar-refractivity contribution in [3.63, 3.8) is 0 Å². The van der Waals surface area contributed by atoms with E-state index in [9.17, 15) is 5.11 Å². The zero-order chi connectivity index (χ0) is 10.2. The van der Waals surface area contributed by atoms with Crippen LogP contribution < -0.4 is 0 Å². The molecule has 1 N–H and O–H groups in total. The van der Waals surface area contributed by atoms with E-state index in [4.69, 9.17) is 0 Å². The molecule has 1 aromatic carbocycles. The van der Waals surface area contributed by atoms with Crippen molar-refractivity contribution in [2.45, 2.75) is 33.1 Å². The summed E-state index contributed by atoms with van der Waals surface area (Å²) in [5.41, 5.74) is 2.02. The predicted octanol–water partition coefficient (Wildman–Crippen LogP) is 3.76. The maximum Gasteiger partial charge on any atom is 0.119 e. The molecule has 0 bridgehead atoms. The molecule has 0 aliphatic heterocycles. The van der Waals surface area contributed by atoms with Crippen LogP contribution in [0.3, 0.4) is 0 Å². The van der Waals surface area contributed by atoms with E-state index in [0.717, 1.165) is 15.6 Å². The highest BCUT2D eigenvalue weighted by molar-refractivity contribution is 9.10. The molecule has 0 aliphatic carbocycles. The van der Waals surface area contributed by atoms with Crippen LogP contribution in [0, 0.1) is 6.92 Å². The maximum absolute atomic E-state index is 9.73. The monoisotopic (exact) mass is 242 g/mol. The fraction of sp³-hybridized carbons (Fsp3) is 0.455. The van der Waals surface area contributed by atoms with E-state index in [1.54, 1.807) is 6.07 Å². The van der Waals surface area contributed by atoms with Gasteiger partial charge in [0.25, 0.3) is 0 Å². The lowest BCUT2D eigenvalue weighted by Crippen LogP contribution is -2.11. The molecule has 0 atom stereocenters. The minimum absolute atomic E-state index is 0.0136. The van der Waals surface area contributed by atoms with Gasteiger partial charge in [-0.1, -0.05) is 36.7 Å². The second-order valence-corrected chi connectivity index (χ2v) is 5.22. The first-order valence-electron chi connectivity index (χ1n) is 4.32. The standard InChI is InChI=1S/C11H15BrO/c1-7-5-10(13)8(6-9(7)12)11(2,3)4/h5-6,13H,1-4H3. The van der Waals surface area contributed by atoms with Crippen molar-refractivity contribution < 1.29 is 5.11 Å². The minimum atomic E-state index is -0.0136. The van der Waals surface area contributed by atoms with Crippen LogP contribution in [-0.2, 0) is 5.41 Å². The number of aryl methyl sites for hydroxylation is 1. The summed E-state index contributed by atoms with van der Waals surface area (Å²) in [6, 6.07) is 3.79. The molecule has 0 amide bonds. The normalized spacial score (nSPS) is 11.8. The van der Waals surface area contributed by atoms with Crippen LogP contribution >= 0.6 is 15.9 Å². The molecule has 1 nitrogen and oxygen atoms in total. The highest BCUT2D eigenvalue weighted by atomic mass is 79.9. The van der Waals surface area contributed by atoms with Crippen molar-refractivity contribution in [3.8, 4) is 5.75 Å². The molecule has 0 fully saturated rings. The Morgan fingerprint density at radius 2 is 1.77 bits per heavy atom. The van der Waals surface area contributed by atoms with E-state index in [2.05, 4.69) is 36.7 Å². The first kappa shape index (κ1) is 10.6. The topological polar surface area (TPSA) is 20.2 Å². The number of hydrogen-bond donors (Lipinski definition) is 1. The molecule has 0 spiro atoms. The second kappa shape index (κ2) is 3.33. The van der Waals surface area contributed by atoms with Crippen LogP contribution in [0.2, 0.25) is 0 Å². The first-order chi connectivity index (χ1) is 5.82. The number of aromatic hydroxyl groups is 1. The molecule has 0 saturated carbocycles. The molecule has 2 heteroatoms. The first-order valence-corrected chi connectivity index (χ1v) is 5.11. The van der Waals surface area contributed by atoms with E-state index in [0.29, 0.717) is 5.75 Å². The van der Waals surface area contributed by atoms with Crippen molar-refractivity contribution in [1.82, 2.24) is 0 Å². The Balaban J connectivity index is 3.32. The molecule has 13 heavy (non-hydrogen) atoms. The summed E-state index contributed by atoms with van der Waals surface area (Å²) in [7, 11) is 0. The van der Waals surface area contributed by atoms with Crippen LogP contribution in [0.1, 0.15) is 31.9 Å². The Hall–Kier alpha value is -0.500. The third-order valence-electron chi connectivity index (χ3n) is 2.08. The van der Waals surface area contributed by atoms with E-state index in [1.165, 1.54) is 0 Å². The van der Waals surface area contributed by atoms with Crippen molar-refractivity contribution in [1.29, 1.82) is 0 Å². The minimum Gasteiger partial charge on any atom is -0.508 e. The van der Waals surface area contributed by atoms with E-state index < -0.39 is 0 Å². The summed E-state index contributed by atoms with van der Waals surface area (Å²) in [6.07, 6.45) is 0. The fourth-order valence-corrected chi connectivity index (χ4v) is 1.61. The summed E-state index contributed by atoms with van der Waals surface area (Å²) < 4.78 is 1.05. The van der Waals surface area contributed by atoms with Crippen LogP contribution in [0.4, 0.5) is 0 Å². The maximum atomic E-state index is 9.73. The van der Waals surface area contributed by atoms with Gasteiger partial charge < -0.3 is 5.11 Å². The molecule has 0 saturated heterocycles. The lowest BCUT2D eigenvalue weighted by molar-refractivity contribution is 0.446. The van der Waals surface area contributed by atoms with Gasteiger partial charge in [0.1, 0.15) is 5.75 Å². The number of phenols is 1. The molecule has 0 aliphatic rings. The van der Waals surface area contributed by atoms with Crippen LogP contribution in [0.15, 0.2) is 16.6 Å². The van der Waals surface area contributed by atoms with Gasteiger partial charge in [0.2, 0.25) is 0 Å². The fourth-order valence-electron chi connectivity index (χ4n) is 1.27. The van der Waals surface area contributed by atoms with Gasteiger partial charge in [-0.2, -0.15) is 0 Å². The zero-order valence-electron chi connectivity index (χ0n) is 8.48. The van der Waals surface area contributed by atoms with Crippen molar-refractivity contribution >= 4 is 15.9 Å². The molecule has 0 heterocycles. The quantitative estimate of drug-likeness (QED) is 0.735. The van der Waals surface area contributed by atoms with Gasteiger partial charge in [0.05, 0.1) is 0 Å². The molecule has 0 aromatic heterocycles. The number of benzene rings is 1. The number of phenolic OH excluding ortho intramolecular Hbond substituents is 1. The Kier molecular flexibility index (Phi) is 2.71. The van der Waals surface area contributed by atoms with Gasteiger partial charge >= 0.3 is 0 Å². The van der Waals surface area contributed by atoms with Gasteiger partial charge in [-0.05, 0) is 30.0 Å². The predicted molar refractivity (Wildman–Crippen MR) is 59.2 cm³/mol. The molecule has 1 rings (SSSR count). The van der Waals surface area contributed by atoms with Gasteiger partial charge in [-0.15, -0.1) is 0 Å². The van der Waals surface area contributed by atoms with Gasteiger partial charge in [-0.25, -0.2) is 0 Å². The highest BCUT2D eigenvalue weighted by Gasteiger charge is 2.18. The smallest absolute Gasteiger partial charge is 0.119 e. The lowest BCUT2D eigenvalue weighted by atomic mass is 9.86. The Labute approximate surface area is 87.9 Å². The Morgan fingerprint density at radius 1 is 1.23 bits per heavy atom. The summed E-state index contributed by atoms with van der Waals surface area (Å²) in [5, 5.41) is 9.73. The molecular formula is C11H15BrO. The molecular weight excluding hydrogens is 228 g/mol. The summed E-state index contributed by atoms with van der Waals surface area (Å²) >= 11 is 3.46.